The summed E-state index contributed by atoms with van der Waals surface area (Å²) in [5.41, 5.74) is 18.6. The number of halogens is 2. The molecule has 3 unspecified atom stereocenters. The number of nitrogen functional groups attached to an aromatic ring is 1. The average molecular weight is 437 g/mol. The lowest BCUT2D eigenvalue weighted by molar-refractivity contribution is 0.0996. The number of hydrogen-bond acceptors (Lipinski definition) is 6. The largest absolute Gasteiger partial charge is 0.383 e. The van der Waals surface area contributed by atoms with E-state index in [9.17, 15) is 4.79 Å². The Hall–Kier alpha value is -2.09. The molecule has 1 aliphatic heterocycles. The fourth-order valence-corrected chi connectivity index (χ4v) is 4.34. The first-order chi connectivity index (χ1) is 13.7. The zero-order valence-corrected chi connectivity index (χ0v) is 18.0. The van der Waals surface area contributed by atoms with Crippen LogP contribution in [0, 0.1) is 5.92 Å². The molecular weight excluding hydrogens is 411 g/mol. The van der Waals surface area contributed by atoms with Gasteiger partial charge in [-0.2, -0.15) is 4.98 Å². The highest BCUT2D eigenvalue weighted by molar-refractivity contribution is 6.44. The van der Waals surface area contributed by atoms with Gasteiger partial charge in [0.1, 0.15) is 11.5 Å². The zero-order chi connectivity index (χ0) is 21.3. The molecule has 3 rings (SSSR count). The van der Waals surface area contributed by atoms with Crippen LogP contribution in [0.4, 0.5) is 11.8 Å². The average Bonchev–Trinajstić information content (AvgIpc) is 3.03. The minimum atomic E-state index is -0.704. The first-order valence-electron chi connectivity index (χ1n) is 9.64. The summed E-state index contributed by atoms with van der Waals surface area (Å²) in [6.07, 6.45) is 2.92. The van der Waals surface area contributed by atoms with Crippen molar-refractivity contribution >= 4 is 40.9 Å². The Morgan fingerprint density at radius 3 is 2.69 bits per heavy atom. The highest BCUT2D eigenvalue weighted by atomic mass is 35.5. The van der Waals surface area contributed by atoms with E-state index in [-0.39, 0.29) is 28.6 Å². The molecule has 0 bridgehead atoms. The van der Waals surface area contributed by atoms with Gasteiger partial charge in [-0.3, -0.25) is 4.79 Å². The molecule has 6 N–H and O–H groups in total. The van der Waals surface area contributed by atoms with Crippen LogP contribution in [0.3, 0.4) is 0 Å². The topological polar surface area (TPSA) is 124 Å². The van der Waals surface area contributed by atoms with Crippen LogP contribution in [0.5, 0.6) is 0 Å². The SMILES string of the molecule is CC(CN)CC1CCC(C)N1c1nc(N)c(-c2cccc(Cl)c2Cl)c(C(N)=O)n1. The molecule has 1 saturated heterocycles. The van der Waals surface area contributed by atoms with Crippen molar-refractivity contribution in [1.29, 1.82) is 0 Å². The van der Waals surface area contributed by atoms with Gasteiger partial charge in [0.2, 0.25) is 5.95 Å². The van der Waals surface area contributed by atoms with Crippen molar-refractivity contribution in [1.82, 2.24) is 9.97 Å². The van der Waals surface area contributed by atoms with Gasteiger partial charge in [-0.15, -0.1) is 0 Å². The Kier molecular flexibility index (Phi) is 6.51. The molecule has 1 aromatic heterocycles. The predicted octanol–water partition coefficient (Wildman–Crippen LogP) is 3.47. The smallest absolute Gasteiger partial charge is 0.268 e. The zero-order valence-electron chi connectivity index (χ0n) is 16.5. The number of amides is 1. The van der Waals surface area contributed by atoms with Crippen molar-refractivity contribution in [3.8, 4) is 11.1 Å². The quantitative estimate of drug-likeness (QED) is 0.636. The number of benzene rings is 1. The molecule has 1 amide bonds. The highest BCUT2D eigenvalue weighted by Crippen LogP contribution is 2.39. The molecule has 1 aliphatic rings. The van der Waals surface area contributed by atoms with Crippen molar-refractivity contribution in [2.45, 2.75) is 45.2 Å². The number of carbonyl (C=O) groups excluding carboxylic acids is 1. The summed E-state index contributed by atoms with van der Waals surface area (Å²) >= 11 is 12.5. The molecule has 2 heterocycles. The van der Waals surface area contributed by atoms with E-state index in [1.54, 1.807) is 18.2 Å². The van der Waals surface area contributed by atoms with Gasteiger partial charge >= 0.3 is 0 Å². The number of nitrogens with two attached hydrogens (primary N) is 3. The molecule has 3 atom stereocenters. The number of hydrogen-bond donors (Lipinski definition) is 3. The first-order valence-corrected chi connectivity index (χ1v) is 10.4. The van der Waals surface area contributed by atoms with E-state index >= 15 is 0 Å². The Morgan fingerprint density at radius 2 is 2.03 bits per heavy atom. The molecule has 0 saturated carbocycles. The summed E-state index contributed by atoms with van der Waals surface area (Å²) in [6, 6.07) is 5.52. The molecule has 29 heavy (non-hydrogen) atoms. The van der Waals surface area contributed by atoms with Crippen molar-refractivity contribution in [3.05, 3.63) is 33.9 Å². The van der Waals surface area contributed by atoms with Crippen LogP contribution < -0.4 is 22.1 Å². The summed E-state index contributed by atoms with van der Waals surface area (Å²) < 4.78 is 0. The lowest BCUT2D eigenvalue weighted by Gasteiger charge is -2.31. The Morgan fingerprint density at radius 1 is 1.31 bits per heavy atom. The molecule has 0 spiro atoms. The second-order valence-electron chi connectivity index (χ2n) is 7.66. The molecule has 0 radical (unpaired) electrons. The van der Waals surface area contributed by atoms with Crippen molar-refractivity contribution < 1.29 is 4.79 Å². The van der Waals surface area contributed by atoms with E-state index < -0.39 is 5.91 Å². The molecule has 0 aliphatic carbocycles. The van der Waals surface area contributed by atoms with Gasteiger partial charge in [-0.25, -0.2) is 4.98 Å². The van der Waals surface area contributed by atoms with Gasteiger partial charge in [0.25, 0.3) is 5.91 Å². The summed E-state index contributed by atoms with van der Waals surface area (Å²) in [7, 11) is 0. The van der Waals surface area contributed by atoms with Crippen LogP contribution >= 0.6 is 23.2 Å². The van der Waals surface area contributed by atoms with Crippen LogP contribution in [0.2, 0.25) is 10.0 Å². The fourth-order valence-electron chi connectivity index (χ4n) is 3.95. The number of carbonyl (C=O) groups is 1. The second-order valence-corrected chi connectivity index (χ2v) is 8.45. The van der Waals surface area contributed by atoms with Gasteiger partial charge in [0, 0.05) is 17.6 Å². The molecular formula is C20H26Cl2N6O. The lowest BCUT2D eigenvalue weighted by Crippen LogP contribution is -2.38. The molecule has 9 heteroatoms. The molecule has 1 fully saturated rings. The van der Waals surface area contributed by atoms with Crippen molar-refractivity contribution in [2.24, 2.45) is 17.4 Å². The highest BCUT2D eigenvalue weighted by Gasteiger charge is 2.34. The van der Waals surface area contributed by atoms with E-state index in [4.69, 9.17) is 40.4 Å². The third kappa shape index (κ3) is 4.27. The van der Waals surface area contributed by atoms with Gasteiger partial charge in [-0.05, 0) is 44.7 Å². The predicted molar refractivity (Wildman–Crippen MR) is 118 cm³/mol. The number of anilines is 2. The summed E-state index contributed by atoms with van der Waals surface area (Å²) in [4.78, 5) is 23.4. The monoisotopic (exact) mass is 436 g/mol. The Bertz CT molecular complexity index is 922. The Labute approximate surface area is 180 Å². The lowest BCUT2D eigenvalue weighted by atomic mass is 10.0. The molecule has 7 nitrogen and oxygen atoms in total. The van der Waals surface area contributed by atoms with Crippen LogP contribution in [0.25, 0.3) is 11.1 Å². The van der Waals surface area contributed by atoms with Crippen LogP contribution in [0.1, 0.15) is 43.6 Å². The van der Waals surface area contributed by atoms with Gasteiger partial charge in [0.05, 0.1) is 15.6 Å². The van der Waals surface area contributed by atoms with Crippen LogP contribution in [0.15, 0.2) is 18.2 Å². The summed E-state index contributed by atoms with van der Waals surface area (Å²) in [5, 5.41) is 0.607. The standard InChI is InChI=1S/C20H26Cl2N6O/c1-10(9-23)8-12-7-6-11(2)28(12)20-26-17(19(25)29)15(18(24)27-20)13-4-3-5-14(21)16(13)22/h3-5,10-12H,6-9,23H2,1-2H3,(H2,25,29)(H2,24,26,27). The number of rotatable bonds is 6. The third-order valence-electron chi connectivity index (χ3n) is 5.47. The van der Waals surface area contributed by atoms with E-state index in [2.05, 4.69) is 28.7 Å². The molecule has 1 aromatic carbocycles. The maximum atomic E-state index is 12.3. The van der Waals surface area contributed by atoms with Gasteiger partial charge in [0.15, 0.2) is 0 Å². The van der Waals surface area contributed by atoms with E-state index in [1.165, 1.54) is 0 Å². The Balaban J connectivity index is 2.11. The fraction of sp³-hybridized carbons (Fsp3) is 0.450. The van der Waals surface area contributed by atoms with Gasteiger partial charge in [-0.1, -0.05) is 42.3 Å². The first kappa shape index (κ1) is 21.6. The summed E-state index contributed by atoms with van der Waals surface area (Å²) in [6.45, 7) is 4.84. The maximum Gasteiger partial charge on any atom is 0.268 e. The second kappa shape index (κ2) is 8.73. The van der Waals surface area contributed by atoms with Gasteiger partial charge < -0.3 is 22.1 Å². The van der Waals surface area contributed by atoms with Crippen molar-refractivity contribution in [2.75, 3.05) is 17.2 Å². The van der Waals surface area contributed by atoms with Crippen molar-refractivity contribution in [3.63, 3.8) is 0 Å². The molecule has 156 valence electrons. The van der Waals surface area contributed by atoms with E-state index in [0.717, 1.165) is 19.3 Å². The van der Waals surface area contributed by atoms with E-state index in [1.807, 2.05) is 0 Å². The molecule has 2 aromatic rings. The summed E-state index contributed by atoms with van der Waals surface area (Å²) in [5.74, 6) is 0.200. The van der Waals surface area contributed by atoms with E-state index in [0.29, 0.717) is 34.6 Å². The number of aromatic nitrogens is 2. The van der Waals surface area contributed by atoms with Crippen LogP contribution in [-0.2, 0) is 0 Å². The minimum Gasteiger partial charge on any atom is -0.383 e. The number of nitrogens with zero attached hydrogens (tertiary/aromatic N) is 3. The van der Waals surface area contributed by atoms with Crippen LogP contribution in [-0.4, -0.2) is 34.5 Å². The maximum absolute atomic E-state index is 12.3. The number of primary amides is 1. The normalized spacial score (nSPS) is 20.1. The minimum absolute atomic E-state index is 0.0291. The third-order valence-corrected chi connectivity index (χ3v) is 6.29.